The first-order chi connectivity index (χ1) is 29.7. The van der Waals surface area contributed by atoms with E-state index in [0.29, 0.717) is 12.2 Å². The zero-order valence-electron chi connectivity index (χ0n) is 36.8. The summed E-state index contributed by atoms with van der Waals surface area (Å²) in [6, 6.07) is 24.1. The quantitative estimate of drug-likeness (QED) is 0.150. The Kier molecular flexibility index (Phi) is 10.7. The van der Waals surface area contributed by atoms with Crippen LogP contribution in [0.3, 0.4) is 0 Å². The molecular weight excluding hydrogens is 781 g/mol. The molecule has 0 bridgehead atoms. The van der Waals surface area contributed by atoms with E-state index in [1.807, 2.05) is 48.5 Å². The standard InChI is InChI=1S/C26H29NO4.C24H25NO3.C2H4O/c1-25(2,3)21-12-16-4-6-18(14-20(16)19(21)8-11-28)27-24(29)26(9-10-26)17-5-7-22-23(13-17)31-15-30-22;1-23(2,3)18-10-15-4-6-19(12-16(15)11-18)25-22(26)24(8-9-24)17-5-7-20-21(13-17)28-14-27-20;1-2-3-1/h4-7,13-14,28H,8-12,15H2,1-3H3,(H,27,29);4-7,11-13H,8-10,14H2,1-3H3,(H,25,26);1-2H2. The summed E-state index contributed by atoms with van der Waals surface area (Å²) >= 11 is 0. The minimum Gasteiger partial charge on any atom is -0.454 e. The van der Waals surface area contributed by atoms with Gasteiger partial charge in [0.2, 0.25) is 25.4 Å². The fourth-order valence-electron chi connectivity index (χ4n) is 8.99. The van der Waals surface area contributed by atoms with Crippen LogP contribution in [0.15, 0.2) is 83.9 Å². The molecule has 1 saturated heterocycles. The summed E-state index contributed by atoms with van der Waals surface area (Å²) in [6.07, 6.45) is 8.18. The van der Waals surface area contributed by atoms with Gasteiger partial charge >= 0.3 is 0 Å². The SMILES string of the molecule is C1CO1.CC(C)(C)C1=C(CCO)c2cc(NC(=O)C3(c4ccc5c(c4)OCO5)CC3)ccc2C1.CC(C)(C)C1=Cc2cc(NC(=O)C3(c4ccc5c(c4)OCO5)CC3)ccc2C1. The van der Waals surface area contributed by atoms with Gasteiger partial charge in [0.15, 0.2) is 23.0 Å². The second-order valence-corrected chi connectivity index (χ2v) is 19.6. The van der Waals surface area contributed by atoms with Gasteiger partial charge in [-0.3, -0.25) is 9.59 Å². The lowest BCUT2D eigenvalue weighted by atomic mass is 9.82. The number of aliphatic hydroxyl groups excluding tert-OH is 1. The summed E-state index contributed by atoms with van der Waals surface area (Å²) in [7, 11) is 0. The van der Waals surface area contributed by atoms with Crippen molar-refractivity contribution in [1.82, 2.24) is 0 Å². The van der Waals surface area contributed by atoms with Gasteiger partial charge in [0, 0.05) is 18.0 Å². The van der Waals surface area contributed by atoms with Crippen molar-refractivity contribution in [2.24, 2.45) is 10.8 Å². The number of aliphatic hydroxyl groups is 1. The molecule has 0 atom stereocenters. The third-order valence-corrected chi connectivity index (χ3v) is 13.2. The first-order valence-electron chi connectivity index (χ1n) is 22.0. The number of benzene rings is 4. The zero-order chi connectivity index (χ0) is 43.4. The number of amides is 2. The maximum absolute atomic E-state index is 13.3. The van der Waals surface area contributed by atoms with E-state index in [4.69, 9.17) is 18.9 Å². The van der Waals surface area contributed by atoms with Gasteiger partial charge in [-0.25, -0.2) is 0 Å². The third-order valence-electron chi connectivity index (χ3n) is 13.2. The maximum atomic E-state index is 13.3. The number of rotatable bonds is 8. The number of ether oxygens (including phenoxy) is 5. The molecule has 2 amide bonds. The van der Waals surface area contributed by atoms with Gasteiger partial charge in [-0.05, 0) is 143 Å². The molecule has 324 valence electrons. The second kappa shape index (κ2) is 16.0. The van der Waals surface area contributed by atoms with Crippen molar-refractivity contribution >= 4 is 34.8 Å². The average molecular weight is 839 g/mol. The van der Waals surface area contributed by atoms with Gasteiger partial charge < -0.3 is 39.4 Å². The largest absolute Gasteiger partial charge is 0.454 e. The lowest BCUT2D eigenvalue weighted by Crippen LogP contribution is -2.27. The monoisotopic (exact) mass is 838 g/mol. The molecule has 3 N–H and O–H groups in total. The minimum absolute atomic E-state index is 0.0213. The molecule has 0 spiro atoms. The van der Waals surface area contributed by atoms with E-state index >= 15 is 0 Å². The summed E-state index contributed by atoms with van der Waals surface area (Å²) in [5, 5.41) is 15.9. The van der Waals surface area contributed by atoms with Crippen LogP contribution in [-0.2, 0) is 38.0 Å². The predicted molar refractivity (Wildman–Crippen MR) is 241 cm³/mol. The van der Waals surface area contributed by atoms with Crippen LogP contribution in [0.4, 0.5) is 11.4 Å². The first-order valence-corrected chi connectivity index (χ1v) is 22.0. The molecule has 0 radical (unpaired) electrons. The van der Waals surface area contributed by atoms with Crippen molar-refractivity contribution in [1.29, 1.82) is 0 Å². The Morgan fingerprint density at radius 1 is 0.629 bits per heavy atom. The highest BCUT2D eigenvalue weighted by molar-refractivity contribution is 6.03. The lowest BCUT2D eigenvalue weighted by molar-refractivity contribution is -0.119. The molecule has 7 aliphatic rings. The highest BCUT2D eigenvalue weighted by Crippen LogP contribution is 2.53. The Morgan fingerprint density at radius 3 is 1.63 bits per heavy atom. The number of allylic oxidation sites excluding steroid dienone is 2. The van der Waals surface area contributed by atoms with Crippen molar-refractivity contribution in [3.05, 3.63) is 117 Å². The fraction of sp³-hybridized carbons (Fsp3) is 0.423. The van der Waals surface area contributed by atoms with E-state index in [1.165, 1.54) is 33.4 Å². The number of hydrogen-bond acceptors (Lipinski definition) is 8. The smallest absolute Gasteiger partial charge is 0.235 e. The van der Waals surface area contributed by atoms with Crippen molar-refractivity contribution in [2.45, 2.75) is 97.3 Å². The number of epoxide rings is 1. The predicted octanol–water partition coefficient (Wildman–Crippen LogP) is 9.91. The normalized spacial score (nSPS) is 18.6. The van der Waals surface area contributed by atoms with Gasteiger partial charge in [-0.1, -0.05) is 83.0 Å². The first kappa shape index (κ1) is 41.8. The van der Waals surface area contributed by atoms with Crippen LogP contribution in [0, 0.1) is 10.8 Å². The van der Waals surface area contributed by atoms with Crippen LogP contribution < -0.4 is 29.6 Å². The second-order valence-electron chi connectivity index (χ2n) is 19.6. The van der Waals surface area contributed by atoms with Crippen LogP contribution >= 0.6 is 0 Å². The van der Waals surface area contributed by atoms with Crippen LogP contribution in [0.5, 0.6) is 23.0 Å². The summed E-state index contributed by atoms with van der Waals surface area (Å²) in [4.78, 5) is 26.4. The molecule has 62 heavy (non-hydrogen) atoms. The van der Waals surface area contributed by atoms with Crippen LogP contribution in [0.25, 0.3) is 11.6 Å². The van der Waals surface area contributed by atoms with Crippen LogP contribution in [-0.4, -0.2) is 50.3 Å². The molecule has 3 fully saturated rings. The third kappa shape index (κ3) is 8.34. The van der Waals surface area contributed by atoms with Gasteiger partial charge in [-0.15, -0.1) is 0 Å². The van der Waals surface area contributed by atoms with Crippen molar-refractivity contribution in [3.8, 4) is 23.0 Å². The van der Waals surface area contributed by atoms with Gasteiger partial charge in [0.05, 0.1) is 24.0 Å². The molecule has 11 rings (SSSR count). The summed E-state index contributed by atoms with van der Waals surface area (Å²) in [5.41, 5.74) is 11.9. The van der Waals surface area contributed by atoms with Crippen molar-refractivity contribution < 1.29 is 38.4 Å². The molecule has 3 heterocycles. The Bertz CT molecular complexity index is 2490. The Labute approximate surface area is 364 Å². The van der Waals surface area contributed by atoms with E-state index in [0.717, 1.165) is 97.1 Å². The van der Waals surface area contributed by atoms with E-state index in [9.17, 15) is 14.7 Å². The highest BCUT2D eigenvalue weighted by Gasteiger charge is 2.53. The van der Waals surface area contributed by atoms with E-state index in [1.54, 1.807) is 0 Å². The molecule has 4 aromatic carbocycles. The van der Waals surface area contributed by atoms with Crippen molar-refractivity contribution in [2.75, 3.05) is 44.0 Å². The number of hydrogen-bond donors (Lipinski definition) is 3. The van der Waals surface area contributed by atoms with Crippen LogP contribution in [0.2, 0.25) is 0 Å². The zero-order valence-corrected chi connectivity index (χ0v) is 36.8. The molecular formula is C52H58N2O8. The molecule has 4 aromatic rings. The molecule has 3 aliphatic heterocycles. The summed E-state index contributed by atoms with van der Waals surface area (Å²) in [6.45, 7) is 16.0. The topological polar surface area (TPSA) is 128 Å². The van der Waals surface area contributed by atoms with Gasteiger partial charge in [-0.2, -0.15) is 0 Å². The number of anilines is 2. The molecule has 0 aromatic heterocycles. The van der Waals surface area contributed by atoms with Crippen LogP contribution in [0.1, 0.15) is 107 Å². The van der Waals surface area contributed by atoms with E-state index in [-0.39, 0.29) is 42.8 Å². The number of carbonyl (C=O) groups excluding carboxylic acids is 2. The lowest BCUT2D eigenvalue weighted by Gasteiger charge is -2.22. The number of nitrogens with one attached hydrogen (secondary N) is 2. The number of fused-ring (bicyclic) bond motifs is 4. The van der Waals surface area contributed by atoms with Gasteiger partial charge in [0.25, 0.3) is 0 Å². The minimum atomic E-state index is -0.500. The van der Waals surface area contributed by atoms with E-state index in [2.05, 4.69) is 87.3 Å². The molecule has 4 aliphatic carbocycles. The molecule has 2 saturated carbocycles. The fourth-order valence-corrected chi connectivity index (χ4v) is 8.99. The highest BCUT2D eigenvalue weighted by atomic mass is 16.7. The summed E-state index contributed by atoms with van der Waals surface area (Å²) < 4.78 is 26.3. The molecule has 10 heteroatoms. The Balaban J connectivity index is 0.000000148. The molecule has 10 nitrogen and oxygen atoms in total. The molecule has 0 unspecified atom stereocenters. The van der Waals surface area contributed by atoms with Gasteiger partial charge in [0.1, 0.15) is 0 Å². The van der Waals surface area contributed by atoms with E-state index < -0.39 is 10.8 Å². The Hall–Kier alpha value is -5.58. The summed E-state index contributed by atoms with van der Waals surface area (Å²) in [5.74, 6) is 3.00. The van der Waals surface area contributed by atoms with Crippen molar-refractivity contribution in [3.63, 3.8) is 0 Å². The Morgan fingerprint density at radius 2 is 1.15 bits per heavy atom. The maximum Gasteiger partial charge on any atom is 0.235 e. The number of carbonyl (C=O) groups is 2. The average Bonchev–Trinajstić information content (AvgIpc) is 4.21.